The van der Waals surface area contributed by atoms with Gasteiger partial charge in [0.2, 0.25) is 0 Å². The highest BCUT2D eigenvalue weighted by Crippen LogP contribution is 2.01. The van der Waals surface area contributed by atoms with Crippen LogP contribution >= 0.6 is 0 Å². The van der Waals surface area contributed by atoms with Crippen molar-refractivity contribution in [2.24, 2.45) is 0 Å². The summed E-state index contributed by atoms with van der Waals surface area (Å²) in [6.45, 7) is 7.36. The van der Waals surface area contributed by atoms with E-state index in [0.29, 0.717) is 0 Å². The molecular formula is C12H20. The van der Waals surface area contributed by atoms with Crippen molar-refractivity contribution in [2.45, 2.75) is 38.5 Å². The fourth-order valence-electron chi connectivity index (χ4n) is 1.00. The second kappa shape index (κ2) is 10.2. The maximum atomic E-state index is 3.69. The van der Waals surface area contributed by atoms with Gasteiger partial charge in [0.25, 0.3) is 0 Å². The van der Waals surface area contributed by atoms with E-state index in [1.807, 2.05) is 12.2 Å². The Hall–Kier alpha value is -0.780. The molecule has 0 aliphatic heterocycles. The molecular weight excluding hydrogens is 144 g/mol. The first-order valence-corrected chi connectivity index (χ1v) is 4.78. The lowest BCUT2D eigenvalue weighted by molar-refractivity contribution is 0.761. The predicted octanol–water partition coefficient (Wildman–Crippen LogP) is 4.26. The normalized spacial score (nSPS) is 10.3. The lowest BCUT2D eigenvalue weighted by atomic mass is 10.2. The molecule has 0 amide bonds. The highest BCUT2D eigenvalue weighted by Gasteiger charge is 1.82. The first-order chi connectivity index (χ1) is 5.91. The van der Waals surface area contributed by atoms with Gasteiger partial charge >= 0.3 is 0 Å². The Kier molecular flexibility index (Phi) is 9.56. The fraction of sp³-hybridized carbons (Fsp3) is 0.500. The van der Waals surface area contributed by atoms with Gasteiger partial charge in [-0.25, -0.2) is 0 Å². The van der Waals surface area contributed by atoms with Gasteiger partial charge in [-0.05, 0) is 38.5 Å². The summed E-state index contributed by atoms with van der Waals surface area (Å²) >= 11 is 0. The van der Waals surface area contributed by atoms with Crippen molar-refractivity contribution in [1.29, 1.82) is 0 Å². The summed E-state index contributed by atoms with van der Waals surface area (Å²) in [6, 6.07) is 0. The van der Waals surface area contributed by atoms with Gasteiger partial charge in [-0.1, -0.05) is 24.3 Å². The fourth-order valence-corrected chi connectivity index (χ4v) is 1.00. The molecule has 0 saturated heterocycles. The Labute approximate surface area is 76.7 Å². The highest BCUT2D eigenvalue weighted by molar-refractivity contribution is 4.84. The van der Waals surface area contributed by atoms with E-state index in [4.69, 9.17) is 0 Å². The third-order valence-corrected chi connectivity index (χ3v) is 1.73. The Morgan fingerprint density at radius 1 is 0.667 bits per heavy atom. The zero-order valence-electron chi connectivity index (χ0n) is 7.97. The van der Waals surface area contributed by atoms with Crippen molar-refractivity contribution in [3.8, 4) is 0 Å². The molecule has 0 nitrogen and oxygen atoms in total. The highest BCUT2D eigenvalue weighted by atomic mass is 13.9. The molecule has 0 fully saturated rings. The molecule has 12 heavy (non-hydrogen) atoms. The van der Waals surface area contributed by atoms with Gasteiger partial charge < -0.3 is 0 Å². The Balaban J connectivity index is 3.01. The third kappa shape index (κ3) is 9.22. The summed E-state index contributed by atoms with van der Waals surface area (Å²) in [6.07, 6.45) is 15.6. The maximum absolute atomic E-state index is 3.69. The minimum Gasteiger partial charge on any atom is -0.103 e. The first-order valence-electron chi connectivity index (χ1n) is 4.78. The van der Waals surface area contributed by atoms with Crippen LogP contribution in [0.3, 0.4) is 0 Å². The van der Waals surface area contributed by atoms with Crippen LogP contribution in [0.1, 0.15) is 38.5 Å². The zero-order valence-corrected chi connectivity index (χ0v) is 7.97. The van der Waals surface area contributed by atoms with Crippen molar-refractivity contribution >= 4 is 0 Å². The van der Waals surface area contributed by atoms with Crippen molar-refractivity contribution in [3.05, 3.63) is 37.5 Å². The van der Waals surface area contributed by atoms with E-state index in [1.54, 1.807) is 0 Å². The molecule has 0 saturated carbocycles. The molecule has 0 aromatic carbocycles. The van der Waals surface area contributed by atoms with E-state index >= 15 is 0 Å². The van der Waals surface area contributed by atoms with Gasteiger partial charge in [0.1, 0.15) is 0 Å². The van der Waals surface area contributed by atoms with E-state index in [9.17, 15) is 0 Å². The molecule has 0 N–H and O–H groups in total. The molecule has 0 aliphatic carbocycles. The van der Waals surface area contributed by atoms with Crippen LogP contribution in [-0.2, 0) is 0 Å². The number of allylic oxidation sites excluding steroid dienone is 4. The van der Waals surface area contributed by atoms with Gasteiger partial charge in [-0.3, -0.25) is 0 Å². The molecule has 0 heteroatoms. The molecule has 0 aliphatic rings. The standard InChI is InChI=1S/C12H20/c1-3-5-7-9-11-12-10-8-6-4-2/h3-4,9,11H,1-2,5-8,10,12H2. The smallest absolute Gasteiger partial charge is 0.0316 e. The van der Waals surface area contributed by atoms with Gasteiger partial charge in [-0.15, -0.1) is 13.2 Å². The van der Waals surface area contributed by atoms with Crippen LogP contribution in [0, 0.1) is 0 Å². The quantitative estimate of drug-likeness (QED) is 0.371. The second-order valence-corrected chi connectivity index (χ2v) is 2.91. The van der Waals surface area contributed by atoms with Crippen LogP contribution in [0.4, 0.5) is 0 Å². The van der Waals surface area contributed by atoms with Crippen LogP contribution in [-0.4, -0.2) is 0 Å². The average molecular weight is 164 g/mol. The molecule has 0 atom stereocenters. The van der Waals surface area contributed by atoms with Gasteiger partial charge in [-0.2, -0.15) is 0 Å². The number of hydrogen-bond donors (Lipinski definition) is 0. The van der Waals surface area contributed by atoms with Crippen LogP contribution in [0.15, 0.2) is 37.5 Å². The molecule has 0 heterocycles. The van der Waals surface area contributed by atoms with E-state index in [-0.39, 0.29) is 0 Å². The second-order valence-electron chi connectivity index (χ2n) is 2.91. The number of hydrogen-bond acceptors (Lipinski definition) is 0. The van der Waals surface area contributed by atoms with Crippen molar-refractivity contribution in [1.82, 2.24) is 0 Å². The molecule has 0 aromatic rings. The first kappa shape index (κ1) is 11.2. The van der Waals surface area contributed by atoms with Crippen LogP contribution in [0.25, 0.3) is 0 Å². The molecule has 0 aromatic heterocycles. The van der Waals surface area contributed by atoms with Crippen molar-refractivity contribution in [2.75, 3.05) is 0 Å². The van der Waals surface area contributed by atoms with Crippen LogP contribution in [0.5, 0.6) is 0 Å². The predicted molar refractivity (Wildman–Crippen MR) is 57.2 cm³/mol. The number of rotatable bonds is 8. The molecule has 68 valence electrons. The third-order valence-electron chi connectivity index (χ3n) is 1.73. The Bertz CT molecular complexity index is 131. The molecule has 0 rings (SSSR count). The lowest BCUT2D eigenvalue weighted by Crippen LogP contribution is -1.71. The minimum absolute atomic E-state index is 1.10. The van der Waals surface area contributed by atoms with Crippen molar-refractivity contribution in [3.63, 3.8) is 0 Å². The van der Waals surface area contributed by atoms with Crippen LogP contribution < -0.4 is 0 Å². The lowest BCUT2D eigenvalue weighted by Gasteiger charge is -1.91. The van der Waals surface area contributed by atoms with E-state index < -0.39 is 0 Å². The molecule has 0 bridgehead atoms. The summed E-state index contributed by atoms with van der Waals surface area (Å²) in [5, 5.41) is 0. The van der Waals surface area contributed by atoms with E-state index in [2.05, 4.69) is 25.3 Å². The average Bonchev–Trinajstić information content (AvgIpc) is 2.10. The summed E-state index contributed by atoms with van der Waals surface area (Å²) in [4.78, 5) is 0. The SMILES string of the molecule is C=CCCC=CCCCCC=C. The van der Waals surface area contributed by atoms with Crippen molar-refractivity contribution < 1.29 is 0 Å². The summed E-state index contributed by atoms with van der Waals surface area (Å²) < 4.78 is 0. The molecule has 0 radical (unpaired) electrons. The summed E-state index contributed by atoms with van der Waals surface area (Å²) in [5.74, 6) is 0. The van der Waals surface area contributed by atoms with Crippen LogP contribution in [0.2, 0.25) is 0 Å². The molecule has 0 spiro atoms. The maximum Gasteiger partial charge on any atom is -0.0316 e. The Morgan fingerprint density at radius 2 is 1.25 bits per heavy atom. The summed E-state index contributed by atoms with van der Waals surface area (Å²) in [5.41, 5.74) is 0. The van der Waals surface area contributed by atoms with Gasteiger partial charge in [0, 0.05) is 0 Å². The van der Waals surface area contributed by atoms with Gasteiger partial charge in [0.15, 0.2) is 0 Å². The monoisotopic (exact) mass is 164 g/mol. The van der Waals surface area contributed by atoms with E-state index in [0.717, 1.165) is 19.3 Å². The number of unbranched alkanes of at least 4 members (excludes halogenated alkanes) is 4. The summed E-state index contributed by atoms with van der Waals surface area (Å²) in [7, 11) is 0. The zero-order chi connectivity index (χ0) is 9.07. The topological polar surface area (TPSA) is 0 Å². The largest absolute Gasteiger partial charge is 0.103 e. The minimum atomic E-state index is 1.10. The van der Waals surface area contributed by atoms with E-state index in [1.165, 1.54) is 19.3 Å². The van der Waals surface area contributed by atoms with Gasteiger partial charge in [0.05, 0.1) is 0 Å². The molecule has 0 unspecified atom stereocenters. The Morgan fingerprint density at radius 3 is 1.92 bits per heavy atom.